The Bertz CT molecular complexity index is 328. The van der Waals surface area contributed by atoms with E-state index in [1.54, 1.807) is 0 Å². The molecule has 0 saturated carbocycles. The smallest absolute Gasteiger partial charge is 0.246 e. The average Bonchev–Trinajstić information content (AvgIpc) is 2.62. The van der Waals surface area contributed by atoms with Crippen molar-refractivity contribution in [3.63, 3.8) is 0 Å². The van der Waals surface area contributed by atoms with Gasteiger partial charge in [-0.25, -0.2) is 0 Å². The second-order valence-electron chi connectivity index (χ2n) is 3.97. The fraction of sp³-hybridized carbons (Fsp3) is 0.667. The number of nitrogens with one attached hydrogen (secondary N) is 1. The van der Waals surface area contributed by atoms with Gasteiger partial charge in [0.05, 0.1) is 19.1 Å². The minimum atomic E-state index is -0.461. The van der Waals surface area contributed by atoms with Crippen LogP contribution in [0, 0.1) is 5.92 Å². The lowest BCUT2D eigenvalue weighted by molar-refractivity contribution is -0.147. The maximum absolute atomic E-state index is 11.9. The van der Waals surface area contributed by atoms with Gasteiger partial charge in [-0.3, -0.25) is 19.7 Å². The first-order chi connectivity index (χ1) is 7.58. The second kappa shape index (κ2) is 4.18. The summed E-state index contributed by atoms with van der Waals surface area (Å²) >= 11 is 0. The van der Waals surface area contributed by atoms with Crippen molar-refractivity contribution in [1.82, 2.24) is 10.2 Å². The molecule has 2 fully saturated rings. The summed E-state index contributed by atoms with van der Waals surface area (Å²) in [6, 6.07) is -0.354. The molecular weight excluding hydrogens is 214 g/mol. The van der Waals surface area contributed by atoms with E-state index in [1.165, 1.54) is 4.90 Å². The molecule has 2 atom stereocenters. The van der Waals surface area contributed by atoms with Crippen LogP contribution in [0.1, 0.15) is 0 Å². The normalized spacial score (nSPS) is 30.4. The number of piperazine rings is 1. The van der Waals surface area contributed by atoms with Gasteiger partial charge in [0, 0.05) is 6.04 Å². The maximum atomic E-state index is 11.9. The number of nitrogens with two attached hydrogens (primary N) is 1. The number of nitrogens with zero attached hydrogens (tertiary/aromatic N) is 1. The van der Waals surface area contributed by atoms with Gasteiger partial charge in [-0.2, -0.15) is 0 Å². The molecule has 2 saturated heterocycles. The molecule has 0 aliphatic carbocycles. The van der Waals surface area contributed by atoms with Crippen LogP contribution in [0.15, 0.2) is 0 Å². The number of hydrogen-bond acceptors (Lipinski definition) is 5. The summed E-state index contributed by atoms with van der Waals surface area (Å²) in [7, 11) is 0. The highest BCUT2D eigenvalue weighted by Crippen LogP contribution is 2.15. The summed E-state index contributed by atoms with van der Waals surface area (Å²) in [5, 5.41) is 2.13. The first-order valence-corrected chi connectivity index (χ1v) is 5.02. The van der Waals surface area contributed by atoms with Crippen molar-refractivity contribution in [3.8, 4) is 0 Å². The van der Waals surface area contributed by atoms with Crippen LogP contribution in [-0.2, 0) is 19.1 Å². The number of carbonyl (C=O) groups excluding carboxylic acids is 3. The zero-order valence-electron chi connectivity index (χ0n) is 8.64. The number of imide groups is 1. The molecule has 3 amide bonds. The predicted octanol–water partition coefficient (Wildman–Crippen LogP) is -2.55. The molecule has 0 bridgehead atoms. The zero-order chi connectivity index (χ0) is 11.7. The third-order valence-corrected chi connectivity index (χ3v) is 2.70. The van der Waals surface area contributed by atoms with Crippen molar-refractivity contribution in [2.24, 2.45) is 11.7 Å². The number of hydrogen-bond donors (Lipinski definition) is 2. The predicted molar refractivity (Wildman–Crippen MR) is 52.0 cm³/mol. The van der Waals surface area contributed by atoms with Crippen molar-refractivity contribution < 1.29 is 19.1 Å². The summed E-state index contributed by atoms with van der Waals surface area (Å²) in [6.07, 6.45) is 0. The van der Waals surface area contributed by atoms with E-state index in [9.17, 15) is 14.4 Å². The van der Waals surface area contributed by atoms with E-state index in [-0.39, 0.29) is 31.6 Å². The van der Waals surface area contributed by atoms with Crippen LogP contribution in [0.2, 0.25) is 0 Å². The minimum absolute atomic E-state index is 0.0895. The Morgan fingerprint density at radius 1 is 1.31 bits per heavy atom. The molecular formula is C9H13N3O4. The summed E-state index contributed by atoms with van der Waals surface area (Å²) in [6.45, 7) is 0.415. The van der Waals surface area contributed by atoms with Gasteiger partial charge in [-0.15, -0.1) is 0 Å². The standard InChI is InChI=1S/C9H13N3O4/c10-6-4-16-3-5(6)9(15)12-1-7(13)11-8(14)2-12/h5-6H,1-4,10H2,(H,11,13,14). The van der Waals surface area contributed by atoms with Crippen LogP contribution in [0.4, 0.5) is 0 Å². The van der Waals surface area contributed by atoms with E-state index in [0.29, 0.717) is 6.61 Å². The fourth-order valence-electron chi connectivity index (χ4n) is 1.85. The molecule has 0 aromatic carbocycles. The fourth-order valence-corrected chi connectivity index (χ4v) is 1.85. The van der Waals surface area contributed by atoms with E-state index in [2.05, 4.69) is 5.32 Å². The van der Waals surface area contributed by atoms with E-state index >= 15 is 0 Å². The van der Waals surface area contributed by atoms with Crippen molar-refractivity contribution in [3.05, 3.63) is 0 Å². The van der Waals surface area contributed by atoms with Gasteiger partial charge in [0.2, 0.25) is 17.7 Å². The Kier molecular flexibility index (Phi) is 2.88. The topological polar surface area (TPSA) is 102 Å². The molecule has 2 heterocycles. The molecule has 88 valence electrons. The summed E-state index contributed by atoms with van der Waals surface area (Å²) in [5.74, 6) is -1.65. The number of ether oxygens (including phenoxy) is 1. The van der Waals surface area contributed by atoms with Gasteiger partial charge >= 0.3 is 0 Å². The lowest BCUT2D eigenvalue weighted by atomic mass is 10.0. The number of amides is 3. The third kappa shape index (κ3) is 2.05. The molecule has 0 aromatic heterocycles. The maximum Gasteiger partial charge on any atom is 0.246 e. The van der Waals surface area contributed by atoms with Gasteiger partial charge < -0.3 is 15.4 Å². The highest BCUT2D eigenvalue weighted by molar-refractivity contribution is 6.02. The van der Waals surface area contributed by atoms with E-state index < -0.39 is 17.7 Å². The highest BCUT2D eigenvalue weighted by atomic mass is 16.5. The van der Waals surface area contributed by atoms with Crippen LogP contribution < -0.4 is 11.1 Å². The van der Waals surface area contributed by atoms with E-state index in [1.807, 2.05) is 0 Å². The molecule has 16 heavy (non-hydrogen) atoms. The third-order valence-electron chi connectivity index (χ3n) is 2.70. The van der Waals surface area contributed by atoms with Crippen LogP contribution in [0.25, 0.3) is 0 Å². The van der Waals surface area contributed by atoms with Crippen molar-refractivity contribution in [2.45, 2.75) is 6.04 Å². The number of rotatable bonds is 1. The second-order valence-corrected chi connectivity index (χ2v) is 3.97. The lowest BCUT2D eigenvalue weighted by Gasteiger charge is -2.28. The highest BCUT2D eigenvalue weighted by Gasteiger charge is 2.37. The van der Waals surface area contributed by atoms with Gasteiger partial charge in [0.1, 0.15) is 13.1 Å². The van der Waals surface area contributed by atoms with Gasteiger partial charge in [-0.1, -0.05) is 0 Å². The van der Waals surface area contributed by atoms with Crippen LogP contribution in [0.5, 0.6) is 0 Å². The van der Waals surface area contributed by atoms with E-state index in [0.717, 1.165) is 0 Å². The molecule has 3 N–H and O–H groups in total. The molecule has 0 spiro atoms. The Labute approximate surface area is 91.9 Å². The Balaban J connectivity index is 2.03. The van der Waals surface area contributed by atoms with Crippen molar-refractivity contribution in [1.29, 1.82) is 0 Å². The molecule has 7 heteroatoms. The summed E-state index contributed by atoms with van der Waals surface area (Å²) < 4.78 is 5.08. The van der Waals surface area contributed by atoms with E-state index in [4.69, 9.17) is 10.5 Å². The first-order valence-electron chi connectivity index (χ1n) is 5.02. The zero-order valence-corrected chi connectivity index (χ0v) is 8.64. The first kappa shape index (κ1) is 11.0. The number of carbonyl (C=O) groups is 3. The van der Waals surface area contributed by atoms with Crippen molar-refractivity contribution in [2.75, 3.05) is 26.3 Å². The average molecular weight is 227 g/mol. The summed E-state index contributed by atoms with van der Waals surface area (Å²) in [4.78, 5) is 35.4. The van der Waals surface area contributed by atoms with Crippen LogP contribution in [-0.4, -0.2) is 55.0 Å². The van der Waals surface area contributed by atoms with Gasteiger partial charge in [-0.05, 0) is 0 Å². The van der Waals surface area contributed by atoms with Crippen molar-refractivity contribution >= 4 is 17.7 Å². The summed E-state index contributed by atoms with van der Waals surface area (Å²) in [5.41, 5.74) is 5.70. The molecule has 0 radical (unpaired) electrons. The SMILES string of the molecule is NC1COCC1C(=O)N1CC(=O)NC(=O)C1. The minimum Gasteiger partial charge on any atom is -0.379 e. The van der Waals surface area contributed by atoms with Gasteiger partial charge in [0.15, 0.2) is 0 Å². The molecule has 2 aliphatic rings. The Morgan fingerprint density at radius 2 is 1.94 bits per heavy atom. The molecule has 0 aromatic rings. The molecule has 7 nitrogen and oxygen atoms in total. The largest absolute Gasteiger partial charge is 0.379 e. The van der Waals surface area contributed by atoms with Crippen LogP contribution >= 0.6 is 0 Å². The quantitative estimate of drug-likeness (QED) is 0.480. The Hall–Kier alpha value is -1.47. The van der Waals surface area contributed by atoms with Crippen LogP contribution in [0.3, 0.4) is 0 Å². The Morgan fingerprint density at radius 3 is 2.44 bits per heavy atom. The molecule has 2 aliphatic heterocycles. The lowest BCUT2D eigenvalue weighted by Crippen LogP contribution is -2.56. The molecule has 2 unspecified atom stereocenters. The monoisotopic (exact) mass is 227 g/mol. The van der Waals surface area contributed by atoms with Gasteiger partial charge in [0.25, 0.3) is 0 Å². The molecule has 2 rings (SSSR count).